The monoisotopic (exact) mass is 819 g/mol. The van der Waals surface area contributed by atoms with Crippen LogP contribution in [0.1, 0.15) is 0 Å². The normalized spacial score (nSPS) is 11.5. The third kappa shape index (κ3) is 6.56. The van der Waals surface area contributed by atoms with Gasteiger partial charge >= 0.3 is 0 Å². The standard InChI is InChI=1S/C59H37N3S/c1-3-16-38(17-4-1)42-22-13-24-44(36-42)48-34-32-40-20-7-9-26-46(40)54(48)58-60-57(52-30-15-29-51-50-28-11-12-31-53(50)63-56(51)52)61-59(62-58)55-47-27-10-8-21-41(47)33-35-49(55)45-25-14-23-43(37-45)39-18-5-2-6-19-39/h1-37H. The molecular formula is C59H37N3S. The molecule has 12 rings (SSSR count). The van der Waals surface area contributed by atoms with Crippen LogP contribution in [0.15, 0.2) is 224 Å². The average molecular weight is 820 g/mol. The Labute approximate surface area is 369 Å². The third-order valence-electron chi connectivity index (χ3n) is 12.1. The van der Waals surface area contributed by atoms with E-state index in [1.54, 1.807) is 11.3 Å². The SMILES string of the molecule is c1ccc(-c2cccc(-c3ccc4ccccc4c3-c3nc(-c4c(-c5cccc(-c6ccccc6)c5)ccc5ccccc45)nc(-c4cccc5c4sc4ccccc45)n3)c2)cc1. The Morgan fingerprint density at radius 3 is 1.27 bits per heavy atom. The van der Waals surface area contributed by atoms with Crippen molar-refractivity contribution in [3.05, 3.63) is 224 Å². The number of rotatable bonds is 7. The van der Waals surface area contributed by atoms with Crippen LogP contribution in [-0.2, 0) is 0 Å². The predicted octanol–water partition coefficient (Wildman–Crippen LogP) is 16.2. The van der Waals surface area contributed by atoms with Gasteiger partial charge in [0.2, 0.25) is 0 Å². The van der Waals surface area contributed by atoms with E-state index >= 15 is 0 Å². The Morgan fingerprint density at radius 2 is 0.698 bits per heavy atom. The molecule has 3 nitrogen and oxygen atoms in total. The number of aromatic nitrogens is 3. The topological polar surface area (TPSA) is 38.7 Å². The summed E-state index contributed by atoms with van der Waals surface area (Å²) in [6, 6.07) is 80.0. The van der Waals surface area contributed by atoms with Crippen molar-refractivity contribution in [2.75, 3.05) is 0 Å². The molecule has 0 aliphatic heterocycles. The smallest absolute Gasteiger partial charge is 0.165 e. The van der Waals surface area contributed by atoms with Gasteiger partial charge in [0, 0.05) is 36.9 Å². The molecule has 0 unspecified atom stereocenters. The summed E-state index contributed by atoms with van der Waals surface area (Å²) in [6.45, 7) is 0. The fraction of sp³-hybridized carbons (Fsp3) is 0. The van der Waals surface area contributed by atoms with Gasteiger partial charge in [-0.25, -0.2) is 15.0 Å². The fourth-order valence-corrected chi connectivity index (χ4v) is 10.4. The minimum absolute atomic E-state index is 0.627. The Bertz CT molecular complexity index is 3500. The molecule has 0 fully saturated rings. The van der Waals surface area contributed by atoms with Crippen LogP contribution in [0.25, 0.3) is 120 Å². The van der Waals surface area contributed by atoms with Crippen LogP contribution in [0.2, 0.25) is 0 Å². The molecule has 0 N–H and O–H groups in total. The van der Waals surface area contributed by atoms with Crippen LogP contribution in [0, 0.1) is 0 Å². The molecule has 12 aromatic rings. The van der Waals surface area contributed by atoms with E-state index < -0.39 is 0 Å². The predicted molar refractivity (Wildman–Crippen MR) is 266 cm³/mol. The van der Waals surface area contributed by atoms with Crippen LogP contribution >= 0.6 is 11.3 Å². The lowest BCUT2D eigenvalue weighted by Crippen LogP contribution is -2.03. The van der Waals surface area contributed by atoms with E-state index in [-0.39, 0.29) is 0 Å². The second-order valence-corrected chi connectivity index (χ2v) is 17.0. The molecule has 0 bridgehead atoms. The van der Waals surface area contributed by atoms with Crippen LogP contribution in [0.5, 0.6) is 0 Å². The molecule has 2 heterocycles. The van der Waals surface area contributed by atoms with E-state index in [1.165, 1.54) is 26.6 Å². The van der Waals surface area contributed by atoms with Crippen molar-refractivity contribution in [2.24, 2.45) is 0 Å². The molecule has 63 heavy (non-hydrogen) atoms. The van der Waals surface area contributed by atoms with Gasteiger partial charge in [0.05, 0.1) is 0 Å². The van der Waals surface area contributed by atoms with Crippen LogP contribution < -0.4 is 0 Å². The van der Waals surface area contributed by atoms with Gasteiger partial charge in [-0.1, -0.05) is 200 Å². The minimum atomic E-state index is 0.627. The second kappa shape index (κ2) is 15.4. The molecule has 0 aliphatic carbocycles. The molecule has 2 aromatic heterocycles. The Balaban J connectivity index is 1.17. The zero-order chi connectivity index (χ0) is 41.7. The van der Waals surface area contributed by atoms with Crippen LogP contribution in [0.4, 0.5) is 0 Å². The number of fused-ring (bicyclic) bond motifs is 5. The van der Waals surface area contributed by atoms with Crippen molar-refractivity contribution in [2.45, 2.75) is 0 Å². The summed E-state index contributed by atoms with van der Waals surface area (Å²) in [5.41, 5.74) is 11.9. The molecular weight excluding hydrogens is 783 g/mol. The van der Waals surface area contributed by atoms with Gasteiger partial charge in [-0.15, -0.1) is 11.3 Å². The van der Waals surface area contributed by atoms with Crippen molar-refractivity contribution in [1.29, 1.82) is 0 Å². The maximum atomic E-state index is 5.64. The van der Waals surface area contributed by atoms with Gasteiger partial charge in [0.15, 0.2) is 17.5 Å². The summed E-state index contributed by atoms with van der Waals surface area (Å²) < 4.78 is 2.39. The van der Waals surface area contributed by atoms with Gasteiger partial charge in [-0.2, -0.15) is 0 Å². The van der Waals surface area contributed by atoms with E-state index in [2.05, 4.69) is 224 Å². The first-order valence-electron chi connectivity index (χ1n) is 21.3. The van der Waals surface area contributed by atoms with Gasteiger partial charge in [-0.05, 0) is 90.3 Å². The van der Waals surface area contributed by atoms with Crippen molar-refractivity contribution in [3.8, 4) is 78.7 Å². The van der Waals surface area contributed by atoms with Crippen molar-refractivity contribution in [3.63, 3.8) is 0 Å². The molecule has 0 saturated heterocycles. The molecule has 0 aliphatic rings. The maximum Gasteiger partial charge on any atom is 0.165 e. The molecule has 0 atom stereocenters. The number of nitrogens with zero attached hydrogens (tertiary/aromatic N) is 3. The third-order valence-corrected chi connectivity index (χ3v) is 13.4. The minimum Gasteiger partial charge on any atom is -0.208 e. The largest absolute Gasteiger partial charge is 0.208 e. The zero-order valence-corrected chi connectivity index (χ0v) is 34.9. The molecule has 0 spiro atoms. The molecule has 0 radical (unpaired) electrons. The van der Waals surface area contributed by atoms with Gasteiger partial charge < -0.3 is 0 Å². The highest BCUT2D eigenvalue weighted by atomic mass is 32.1. The first-order valence-corrected chi connectivity index (χ1v) is 22.1. The Morgan fingerprint density at radius 1 is 0.270 bits per heavy atom. The maximum absolute atomic E-state index is 5.64. The summed E-state index contributed by atoms with van der Waals surface area (Å²) in [6.07, 6.45) is 0. The van der Waals surface area contributed by atoms with E-state index in [9.17, 15) is 0 Å². The van der Waals surface area contributed by atoms with E-state index in [0.29, 0.717) is 17.5 Å². The van der Waals surface area contributed by atoms with Crippen molar-refractivity contribution in [1.82, 2.24) is 15.0 Å². The highest BCUT2D eigenvalue weighted by Gasteiger charge is 2.23. The number of benzene rings is 10. The molecule has 4 heteroatoms. The summed E-state index contributed by atoms with van der Waals surface area (Å²) in [7, 11) is 0. The lowest BCUT2D eigenvalue weighted by molar-refractivity contribution is 1.08. The van der Waals surface area contributed by atoms with Crippen molar-refractivity contribution >= 4 is 53.1 Å². The number of hydrogen-bond acceptors (Lipinski definition) is 4. The Kier molecular flexibility index (Phi) is 9.02. The molecule has 0 amide bonds. The van der Waals surface area contributed by atoms with Gasteiger partial charge in [0.1, 0.15) is 0 Å². The lowest BCUT2D eigenvalue weighted by atomic mass is 9.91. The van der Waals surface area contributed by atoms with Gasteiger partial charge in [0.25, 0.3) is 0 Å². The van der Waals surface area contributed by atoms with Crippen molar-refractivity contribution < 1.29 is 0 Å². The number of thiophene rings is 1. The van der Waals surface area contributed by atoms with E-state index in [0.717, 1.165) is 76.3 Å². The summed E-state index contributed by atoms with van der Waals surface area (Å²) in [4.78, 5) is 16.8. The van der Waals surface area contributed by atoms with Gasteiger partial charge in [-0.3, -0.25) is 0 Å². The fourth-order valence-electron chi connectivity index (χ4n) is 9.14. The highest BCUT2D eigenvalue weighted by molar-refractivity contribution is 7.26. The van der Waals surface area contributed by atoms with E-state index in [4.69, 9.17) is 15.0 Å². The summed E-state index contributed by atoms with van der Waals surface area (Å²) in [5.74, 6) is 1.89. The highest BCUT2D eigenvalue weighted by Crippen LogP contribution is 2.44. The molecule has 294 valence electrons. The lowest BCUT2D eigenvalue weighted by Gasteiger charge is -2.18. The first-order chi connectivity index (χ1) is 31.2. The molecule has 10 aromatic carbocycles. The zero-order valence-electron chi connectivity index (χ0n) is 34.1. The summed E-state index contributed by atoms with van der Waals surface area (Å²) >= 11 is 1.79. The number of hydrogen-bond donors (Lipinski definition) is 0. The van der Waals surface area contributed by atoms with Crippen LogP contribution in [0.3, 0.4) is 0 Å². The first kappa shape index (κ1) is 36.8. The van der Waals surface area contributed by atoms with Crippen LogP contribution in [-0.4, -0.2) is 15.0 Å². The molecule has 0 saturated carbocycles. The second-order valence-electron chi connectivity index (χ2n) is 15.9. The quantitative estimate of drug-likeness (QED) is 0.161. The Hall–Kier alpha value is -8.05. The average Bonchev–Trinajstić information content (AvgIpc) is 3.75. The van der Waals surface area contributed by atoms with E-state index in [1.807, 2.05) is 0 Å². The summed E-state index contributed by atoms with van der Waals surface area (Å²) in [5, 5.41) is 6.83.